The Bertz CT molecular complexity index is 1200. The molecular formula is C29H37N3O3. The zero-order valence-corrected chi connectivity index (χ0v) is 21.5. The number of aryl methyl sites for hydroxylation is 1. The normalized spacial score (nSPS) is 16.4. The zero-order valence-electron chi connectivity index (χ0n) is 21.5. The molecule has 6 heteroatoms. The Morgan fingerprint density at radius 2 is 1.74 bits per heavy atom. The smallest absolute Gasteiger partial charge is 0.255 e. The lowest BCUT2D eigenvalue weighted by Crippen LogP contribution is -2.49. The largest absolute Gasteiger partial charge is 0.379 e. The van der Waals surface area contributed by atoms with E-state index in [1.165, 1.54) is 0 Å². The van der Waals surface area contributed by atoms with E-state index in [0.717, 1.165) is 28.5 Å². The molecule has 1 aromatic heterocycles. The van der Waals surface area contributed by atoms with E-state index < -0.39 is 6.04 Å². The van der Waals surface area contributed by atoms with Gasteiger partial charge in [0.05, 0.1) is 12.1 Å². The molecule has 2 unspecified atom stereocenters. The third-order valence-corrected chi connectivity index (χ3v) is 6.63. The highest BCUT2D eigenvalue weighted by Crippen LogP contribution is 2.43. The van der Waals surface area contributed by atoms with Crippen LogP contribution in [0.4, 0.5) is 0 Å². The van der Waals surface area contributed by atoms with Gasteiger partial charge < -0.3 is 19.5 Å². The third-order valence-electron chi connectivity index (χ3n) is 6.63. The van der Waals surface area contributed by atoms with Crippen LogP contribution in [0.25, 0.3) is 10.9 Å². The number of amides is 2. The molecule has 4 rings (SSSR count). The summed E-state index contributed by atoms with van der Waals surface area (Å²) >= 11 is 0. The minimum Gasteiger partial charge on any atom is -0.379 e. The highest BCUT2D eigenvalue weighted by Gasteiger charge is 2.44. The predicted molar refractivity (Wildman–Crippen MR) is 139 cm³/mol. The maximum absolute atomic E-state index is 13.8. The van der Waals surface area contributed by atoms with E-state index in [4.69, 9.17) is 4.74 Å². The molecule has 0 saturated heterocycles. The number of rotatable bonds is 10. The number of benzene rings is 2. The predicted octanol–water partition coefficient (Wildman–Crippen LogP) is 5.07. The molecule has 0 aliphatic carbocycles. The molecule has 0 fully saturated rings. The van der Waals surface area contributed by atoms with Gasteiger partial charge >= 0.3 is 0 Å². The van der Waals surface area contributed by atoms with Crippen LogP contribution < -0.4 is 5.32 Å². The Balaban J connectivity index is 1.71. The van der Waals surface area contributed by atoms with Crippen molar-refractivity contribution >= 4 is 22.7 Å². The van der Waals surface area contributed by atoms with Gasteiger partial charge in [0.25, 0.3) is 5.91 Å². The molecule has 35 heavy (non-hydrogen) atoms. The first-order valence-electron chi connectivity index (χ1n) is 12.6. The zero-order chi connectivity index (χ0) is 25.1. The minimum absolute atomic E-state index is 0.0810. The quantitative estimate of drug-likeness (QED) is 0.417. The van der Waals surface area contributed by atoms with Crippen LogP contribution in [-0.4, -0.2) is 46.6 Å². The molecule has 186 valence electrons. The molecule has 1 N–H and O–H groups in total. The summed E-state index contributed by atoms with van der Waals surface area (Å²) in [5, 5.41) is 4.18. The molecule has 3 aromatic rings. The van der Waals surface area contributed by atoms with Crippen molar-refractivity contribution in [2.75, 3.05) is 13.2 Å². The fourth-order valence-electron chi connectivity index (χ4n) is 5.08. The highest BCUT2D eigenvalue weighted by molar-refractivity contribution is 6.03. The van der Waals surface area contributed by atoms with Crippen LogP contribution >= 0.6 is 0 Å². The standard InChI is InChI=1S/C29H37N3O3/c1-19(2)17-26(28(33)30-15-10-16-35-20(3)4)32-27(22-12-6-7-13-23(22)29(32)34)24-18-31(5)25-14-9-8-11-21(24)25/h6-9,11-14,18-20,26-27H,10,15-17H2,1-5H3,(H,30,33). The van der Waals surface area contributed by atoms with Crippen LogP contribution in [0.15, 0.2) is 54.7 Å². The van der Waals surface area contributed by atoms with E-state index in [-0.39, 0.29) is 29.9 Å². The number of para-hydroxylation sites is 1. The van der Waals surface area contributed by atoms with E-state index in [1.807, 2.05) is 62.2 Å². The van der Waals surface area contributed by atoms with Crippen LogP contribution in [-0.2, 0) is 16.6 Å². The molecule has 0 radical (unpaired) electrons. The van der Waals surface area contributed by atoms with Crippen LogP contribution in [0.1, 0.15) is 68.1 Å². The number of hydrogen-bond acceptors (Lipinski definition) is 3. The molecule has 1 aliphatic heterocycles. The average molecular weight is 476 g/mol. The first-order valence-corrected chi connectivity index (χ1v) is 12.6. The van der Waals surface area contributed by atoms with Gasteiger partial charge in [-0.05, 0) is 50.3 Å². The van der Waals surface area contributed by atoms with Gasteiger partial charge in [-0.1, -0.05) is 50.2 Å². The monoisotopic (exact) mass is 475 g/mol. The number of nitrogens with zero attached hydrogens (tertiary/aromatic N) is 2. The van der Waals surface area contributed by atoms with Gasteiger partial charge in [0.15, 0.2) is 0 Å². The van der Waals surface area contributed by atoms with Crippen molar-refractivity contribution in [3.8, 4) is 0 Å². The number of carbonyl (C=O) groups is 2. The van der Waals surface area contributed by atoms with Gasteiger partial charge in [-0.2, -0.15) is 0 Å². The molecule has 2 heterocycles. The van der Waals surface area contributed by atoms with Gasteiger partial charge in [-0.25, -0.2) is 0 Å². The molecule has 0 bridgehead atoms. The highest BCUT2D eigenvalue weighted by atomic mass is 16.5. The summed E-state index contributed by atoms with van der Waals surface area (Å²) in [6.45, 7) is 9.31. The number of hydrogen-bond donors (Lipinski definition) is 1. The van der Waals surface area contributed by atoms with E-state index >= 15 is 0 Å². The molecular weight excluding hydrogens is 438 g/mol. The summed E-state index contributed by atoms with van der Waals surface area (Å²) < 4.78 is 7.71. The molecule has 6 nitrogen and oxygen atoms in total. The van der Waals surface area contributed by atoms with Gasteiger partial charge in [-0.15, -0.1) is 0 Å². The number of carbonyl (C=O) groups excluding carboxylic acids is 2. The summed E-state index contributed by atoms with van der Waals surface area (Å²) in [5.41, 5.74) is 3.79. The summed E-state index contributed by atoms with van der Waals surface area (Å²) in [5.74, 6) is 0.0665. The Labute approximate surface area is 208 Å². The van der Waals surface area contributed by atoms with Crippen molar-refractivity contribution in [2.24, 2.45) is 13.0 Å². The minimum atomic E-state index is -0.565. The van der Waals surface area contributed by atoms with Crippen LogP contribution in [0.3, 0.4) is 0 Å². The SMILES string of the molecule is CC(C)CC(C(=O)NCCCOC(C)C)N1C(=O)c2ccccc2C1c1cn(C)c2ccccc12. The molecule has 0 spiro atoms. The summed E-state index contributed by atoms with van der Waals surface area (Å²) in [4.78, 5) is 29.2. The first-order chi connectivity index (χ1) is 16.8. The van der Waals surface area contributed by atoms with Crippen molar-refractivity contribution in [3.63, 3.8) is 0 Å². The van der Waals surface area contributed by atoms with Crippen molar-refractivity contribution in [1.29, 1.82) is 0 Å². The second-order valence-electron chi connectivity index (χ2n) is 10.1. The van der Waals surface area contributed by atoms with Crippen LogP contribution in [0.5, 0.6) is 0 Å². The van der Waals surface area contributed by atoms with Gasteiger partial charge in [-0.3, -0.25) is 9.59 Å². The molecule has 2 amide bonds. The molecule has 2 atom stereocenters. The van der Waals surface area contributed by atoms with Crippen molar-refractivity contribution in [2.45, 2.75) is 58.7 Å². The van der Waals surface area contributed by atoms with Crippen molar-refractivity contribution in [3.05, 3.63) is 71.4 Å². The second-order valence-corrected chi connectivity index (χ2v) is 10.1. The Morgan fingerprint density at radius 3 is 2.49 bits per heavy atom. The second kappa shape index (κ2) is 10.6. The van der Waals surface area contributed by atoms with Gasteiger partial charge in [0, 0.05) is 48.4 Å². The van der Waals surface area contributed by atoms with E-state index in [0.29, 0.717) is 25.1 Å². The van der Waals surface area contributed by atoms with Gasteiger partial charge in [0.1, 0.15) is 6.04 Å². The van der Waals surface area contributed by atoms with Crippen LogP contribution in [0, 0.1) is 5.92 Å². The average Bonchev–Trinajstić information content (AvgIpc) is 3.31. The van der Waals surface area contributed by atoms with E-state index in [2.05, 4.69) is 42.1 Å². The summed E-state index contributed by atoms with van der Waals surface area (Å²) in [7, 11) is 2.02. The molecule has 0 saturated carbocycles. The lowest BCUT2D eigenvalue weighted by atomic mass is 9.95. The van der Waals surface area contributed by atoms with Crippen LogP contribution in [0.2, 0.25) is 0 Å². The summed E-state index contributed by atoms with van der Waals surface area (Å²) in [6, 6.07) is 15.1. The van der Waals surface area contributed by atoms with Crippen molar-refractivity contribution < 1.29 is 14.3 Å². The van der Waals surface area contributed by atoms with E-state index in [1.54, 1.807) is 0 Å². The third kappa shape index (κ3) is 5.13. The Kier molecular flexibility index (Phi) is 7.60. The Morgan fingerprint density at radius 1 is 1.03 bits per heavy atom. The topological polar surface area (TPSA) is 63.6 Å². The fraction of sp³-hybridized carbons (Fsp3) is 0.448. The number of aromatic nitrogens is 1. The number of fused-ring (bicyclic) bond motifs is 2. The summed E-state index contributed by atoms with van der Waals surface area (Å²) in [6.07, 6.45) is 3.60. The lowest BCUT2D eigenvalue weighted by molar-refractivity contribution is -0.126. The fourth-order valence-corrected chi connectivity index (χ4v) is 5.08. The maximum Gasteiger partial charge on any atom is 0.255 e. The molecule has 1 aliphatic rings. The first kappa shape index (κ1) is 25.0. The van der Waals surface area contributed by atoms with Crippen molar-refractivity contribution in [1.82, 2.24) is 14.8 Å². The lowest BCUT2D eigenvalue weighted by Gasteiger charge is -2.34. The number of nitrogens with one attached hydrogen (secondary N) is 1. The number of ether oxygens (including phenoxy) is 1. The Hall–Kier alpha value is -3.12. The molecule has 2 aromatic carbocycles. The van der Waals surface area contributed by atoms with E-state index in [9.17, 15) is 9.59 Å². The maximum atomic E-state index is 13.8. The van der Waals surface area contributed by atoms with Gasteiger partial charge in [0.2, 0.25) is 5.91 Å².